The number of hydrogen-bond acceptors (Lipinski definition) is 3. The molecule has 0 spiro atoms. The molecule has 2 amide bonds. The third-order valence-corrected chi connectivity index (χ3v) is 3.04. The van der Waals surface area contributed by atoms with Gasteiger partial charge in [0, 0.05) is 23.7 Å². The Labute approximate surface area is 123 Å². The van der Waals surface area contributed by atoms with E-state index in [2.05, 4.69) is 10.6 Å². The number of nitrogens with one attached hydrogen (secondary N) is 2. The minimum atomic E-state index is -0.649. The predicted octanol–water partition coefficient (Wildman–Crippen LogP) is 1.20. The zero-order valence-corrected chi connectivity index (χ0v) is 12.3. The second-order valence-corrected chi connectivity index (χ2v) is 5.17. The van der Waals surface area contributed by atoms with Crippen molar-refractivity contribution in [2.45, 2.75) is 19.9 Å². The normalized spacial score (nSPS) is 13.4. The summed E-state index contributed by atoms with van der Waals surface area (Å²) in [5.74, 6) is -0.634. The van der Waals surface area contributed by atoms with Gasteiger partial charge >= 0.3 is 0 Å². The van der Waals surface area contributed by atoms with Gasteiger partial charge in [-0.05, 0) is 37.1 Å². The number of aliphatic hydroxyl groups is 1. The number of rotatable bonds is 6. The Morgan fingerprint density at radius 1 is 1.25 bits per heavy atom. The van der Waals surface area contributed by atoms with E-state index in [4.69, 9.17) is 16.7 Å². The minimum Gasteiger partial charge on any atom is -0.396 e. The molecular weight excluding hydrogens is 280 g/mol. The number of benzene rings is 1. The van der Waals surface area contributed by atoms with Gasteiger partial charge in [0.15, 0.2) is 0 Å². The second kappa shape index (κ2) is 7.87. The monoisotopic (exact) mass is 298 g/mol. The number of halogens is 1. The zero-order valence-electron chi connectivity index (χ0n) is 11.5. The number of aliphatic hydroxyl groups excluding tert-OH is 1. The molecule has 0 aromatic heterocycles. The molecule has 6 heteroatoms. The van der Waals surface area contributed by atoms with Gasteiger partial charge in [-0.1, -0.05) is 18.5 Å². The van der Waals surface area contributed by atoms with E-state index in [1.807, 2.05) is 6.92 Å². The number of carbonyl (C=O) groups excluding carboxylic acids is 2. The summed E-state index contributed by atoms with van der Waals surface area (Å²) in [6.45, 7) is 3.80. The van der Waals surface area contributed by atoms with Crippen LogP contribution in [0.2, 0.25) is 5.02 Å². The van der Waals surface area contributed by atoms with Crippen LogP contribution in [0.15, 0.2) is 24.3 Å². The van der Waals surface area contributed by atoms with Gasteiger partial charge in [0.05, 0.1) is 0 Å². The quantitative estimate of drug-likeness (QED) is 0.738. The number of amides is 2. The zero-order chi connectivity index (χ0) is 15.1. The summed E-state index contributed by atoms with van der Waals surface area (Å²) >= 11 is 5.74. The van der Waals surface area contributed by atoms with Crippen LogP contribution in [0, 0.1) is 5.92 Å². The van der Waals surface area contributed by atoms with Crippen molar-refractivity contribution in [1.29, 1.82) is 0 Å². The summed E-state index contributed by atoms with van der Waals surface area (Å²) in [7, 11) is 0. The third kappa shape index (κ3) is 5.19. The van der Waals surface area contributed by atoms with Gasteiger partial charge in [0.1, 0.15) is 6.04 Å². The molecule has 0 aliphatic rings. The lowest BCUT2D eigenvalue weighted by molar-refractivity contribution is -0.122. The SMILES string of the molecule is CC(CO)CNC(=O)C(C)NC(=O)c1ccc(Cl)cc1. The van der Waals surface area contributed by atoms with E-state index in [-0.39, 0.29) is 24.3 Å². The Hall–Kier alpha value is -1.59. The number of hydrogen-bond donors (Lipinski definition) is 3. The van der Waals surface area contributed by atoms with Gasteiger partial charge in [-0.15, -0.1) is 0 Å². The molecule has 5 nitrogen and oxygen atoms in total. The van der Waals surface area contributed by atoms with Crippen LogP contribution in [0.25, 0.3) is 0 Å². The van der Waals surface area contributed by atoms with Crippen molar-refractivity contribution in [3.05, 3.63) is 34.9 Å². The molecule has 1 aromatic carbocycles. The maximum Gasteiger partial charge on any atom is 0.251 e. The van der Waals surface area contributed by atoms with Crippen molar-refractivity contribution >= 4 is 23.4 Å². The Balaban J connectivity index is 2.48. The highest BCUT2D eigenvalue weighted by Crippen LogP contribution is 2.09. The molecule has 0 aliphatic heterocycles. The summed E-state index contributed by atoms with van der Waals surface area (Å²) in [5.41, 5.74) is 0.442. The van der Waals surface area contributed by atoms with E-state index in [1.54, 1.807) is 31.2 Å². The fourth-order valence-electron chi connectivity index (χ4n) is 1.44. The summed E-state index contributed by atoms with van der Waals surface area (Å²) in [6.07, 6.45) is 0. The first-order chi connectivity index (χ1) is 9.43. The van der Waals surface area contributed by atoms with Crippen molar-refractivity contribution in [2.75, 3.05) is 13.2 Å². The first-order valence-corrected chi connectivity index (χ1v) is 6.76. The van der Waals surface area contributed by atoms with E-state index in [0.717, 1.165) is 0 Å². The smallest absolute Gasteiger partial charge is 0.251 e. The maximum atomic E-state index is 11.9. The first-order valence-electron chi connectivity index (χ1n) is 6.39. The Morgan fingerprint density at radius 2 is 1.85 bits per heavy atom. The molecule has 0 saturated heterocycles. The Bertz CT molecular complexity index is 462. The number of carbonyl (C=O) groups is 2. The largest absolute Gasteiger partial charge is 0.396 e. The van der Waals surface area contributed by atoms with Gasteiger partial charge in [0.2, 0.25) is 5.91 Å². The van der Waals surface area contributed by atoms with E-state index < -0.39 is 6.04 Å². The molecule has 0 saturated carbocycles. The van der Waals surface area contributed by atoms with E-state index in [9.17, 15) is 9.59 Å². The van der Waals surface area contributed by atoms with Crippen molar-refractivity contribution in [2.24, 2.45) is 5.92 Å². The van der Waals surface area contributed by atoms with Crippen LogP contribution in [0.1, 0.15) is 24.2 Å². The summed E-state index contributed by atoms with van der Waals surface area (Å²) in [6, 6.07) is 5.77. The second-order valence-electron chi connectivity index (χ2n) is 4.73. The molecule has 110 valence electrons. The van der Waals surface area contributed by atoms with Gasteiger partial charge in [-0.25, -0.2) is 0 Å². The van der Waals surface area contributed by atoms with Crippen LogP contribution in [0.4, 0.5) is 0 Å². The fraction of sp³-hybridized carbons (Fsp3) is 0.429. The van der Waals surface area contributed by atoms with Gasteiger partial charge in [-0.3, -0.25) is 9.59 Å². The van der Waals surface area contributed by atoms with Crippen molar-refractivity contribution in [1.82, 2.24) is 10.6 Å². The van der Waals surface area contributed by atoms with Crippen LogP contribution in [-0.2, 0) is 4.79 Å². The van der Waals surface area contributed by atoms with Crippen LogP contribution >= 0.6 is 11.6 Å². The average Bonchev–Trinajstić information content (AvgIpc) is 2.44. The molecule has 0 radical (unpaired) electrons. The van der Waals surface area contributed by atoms with Gasteiger partial charge < -0.3 is 15.7 Å². The Morgan fingerprint density at radius 3 is 2.40 bits per heavy atom. The molecule has 3 N–H and O–H groups in total. The van der Waals surface area contributed by atoms with E-state index in [0.29, 0.717) is 17.1 Å². The summed E-state index contributed by atoms with van der Waals surface area (Å²) in [4.78, 5) is 23.6. The maximum absolute atomic E-state index is 11.9. The summed E-state index contributed by atoms with van der Waals surface area (Å²) in [5, 5.41) is 14.7. The highest BCUT2D eigenvalue weighted by molar-refractivity contribution is 6.30. The van der Waals surface area contributed by atoms with E-state index >= 15 is 0 Å². The molecule has 0 aliphatic carbocycles. The predicted molar refractivity (Wildman–Crippen MR) is 77.6 cm³/mol. The lowest BCUT2D eigenvalue weighted by Crippen LogP contribution is -2.46. The molecule has 0 fully saturated rings. The molecule has 1 aromatic rings. The molecule has 2 atom stereocenters. The molecule has 0 heterocycles. The third-order valence-electron chi connectivity index (χ3n) is 2.78. The van der Waals surface area contributed by atoms with Gasteiger partial charge in [-0.2, -0.15) is 0 Å². The Kier molecular flexibility index (Phi) is 6.48. The van der Waals surface area contributed by atoms with Crippen LogP contribution in [0.3, 0.4) is 0 Å². The average molecular weight is 299 g/mol. The molecular formula is C14H19ClN2O3. The summed E-state index contributed by atoms with van der Waals surface area (Å²) < 4.78 is 0. The van der Waals surface area contributed by atoms with Gasteiger partial charge in [0.25, 0.3) is 5.91 Å². The lowest BCUT2D eigenvalue weighted by Gasteiger charge is -2.16. The van der Waals surface area contributed by atoms with Crippen molar-refractivity contribution in [3.8, 4) is 0 Å². The first kappa shape index (κ1) is 16.5. The van der Waals surface area contributed by atoms with Crippen molar-refractivity contribution < 1.29 is 14.7 Å². The fourth-order valence-corrected chi connectivity index (χ4v) is 1.57. The van der Waals surface area contributed by atoms with Crippen LogP contribution < -0.4 is 10.6 Å². The molecule has 1 rings (SSSR count). The van der Waals surface area contributed by atoms with E-state index in [1.165, 1.54) is 0 Å². The topological polar surface area (TPSA) is 78.4 Å². The minimum absolute atomic E-state index is 0.00575. The highest BCUT2D eigenvalue weighted by atomic mass is 35.5. The van der Waals surface area contributed by atoms with Crippen LogP contribution in [0.5, 0.6) is 0 Å². The standard InChI is InChI=1S/C14H19ClN2O3/c1-9(8-18)7-16-13(19)10(2)17-14(20)11-3-5-12(15)6-4-11/h3-6,9-10,18H,7-8H2,1-2H3,(H,16,19)(H,17,20). The van der Waals surface area contributed by atoms with Crippen LogP contribution in [-0.4, -0.2) is 36.1 Å². The van der Waals surface area contributed by atoms with Crippen molar-refractivity contribution in [3.63, 3.8) is 0 Å². The molecule has 2 unspecified atom stereocenters. The molecule has 0 bridgehead atoms. The molecule has 20 heavy (non-hydrogen) atoms. The highest BCUT2D eigenvalue weighted by Gasteiger charge is 2.16. The lowest BCUT2D eigenvalue weighted by atomic mass is 10.2.